The Morgan fingerprint density at radius 1 is 0.605 bits per heavy atom. The summed E-state index contributed by atoms with van der Waals surface area (Å²) in [5.74, 6) is 2.43. The molecule has 0 aromatic heterocycles. The molecule has 0 fully saturated rings. The Kier molecular flexibility index (Phi) is 10.1. The van der Waals surface area contributed by atoms with Crippen LogP contribution in [-0.2, 0) is 32.1 Å². The van der Waals surface area contributed by atoms with Gasteiger partial charge >= 0.3 is 0 Å². The average Bonchev–Trinajstić information content (AvgIpc) is 3.05. The van der Waals surface area contributed by atoms with Crippen LogP contribution in [0.15, 0.2) is 54.6 Å². The fraction of sp³-hybridized carbons (Fsp3) is 0.351. The van der Waals surface area contributed by atoms with Crippen LogP contribution in [0.25, 0.3) is 33.4 Å². The molecule has 6 nitrogen and oxygen atoms in total. The van der Waals surface area contributed by atoms with E-state index in [1.54, 1.807) is 21.3 Å². The summed E-state index contributed by atoms with van der Waals surface area (Å²) in [5.41, 5.74) is 10.9. The van der Waals surface area contributed by atoms with Crippen molar-refractivity contribution in [2.24, 2.45) is 0 Å². The first kappa shape index (κ1) is 31.6. The molecule has 0 aliphatic rings. The van der Waals surface area contributed by atoms with Crippen LogP contribution in [0.3, 0.4) is 0 Å². The Morgan fingerprint density at radius 3 is 1.70 bits per heavy atom. The van der Waals surface area contributed by atoms with Gasteiger partial charge in [-0.3, -0.25) is 10.1 Å². The van der Waals surface area contributed by atoms with Gasteiger partial charge in [0.15, 0.2) is 0 Å². The van der Waals surface area contributed by atoms with Crippen molar-refractivity contribution in [3.05, 3.63) is 92.5 Å². The highest BCUT2D eigenvalue weighted by molar-refractivity contribution is 5.94. The first-order chi connectivity index (χ1) is 20.8. The summed E-state index contributed by atoms with van der Waals surface area (Å²) >= 11 is 0. The number of methoxy groups -OCH3 is 3. The van der Waals surface area contributed by atoms with Gasteiger partial charge in [-0.25, -0.2) is 0 Å². The lowest BCUT2D eigenvalue weighted by Crippen LogP contribution is -2.05. The van der Waals surface area contributed by atoms with E-state index in [4.69, 9.17) is 14.2 Å². The first-order valence-electron chi connectivity index (χ1n) is 15.2. The molecule has 0 N–H and O–H groups in total. The second kappa shape index (κ2) is 13.8. The van der Waals surface area contributed by atoms with Crippen molar-refractivity contribution < 1.29 is 19.1 Å². The average molecular weight is 582 g/mol. The molecule has 0 heterocycles. The van der Waals surface area contributed by atoms with Crippen LogP contribution >= 0.6 is 0 Å². The number of nitro groups is 1. The number of rotatable bonds is 12. The van der Waals surface area contributed by atoms with Crippen molar-refractivity contribution in [2.75, 3.05) is 21.3 Å². The molecule has 4 aromatic rings. The van der Waals surface area contributed by atoms with Crippen LogP contribution in [0.4, 0.5) is 5.69 Å². The molecule has 0 spiro atoms. The maximum Gasteiger partial charge on any atom is 0.275 e. The molecule has 0 radical (unpaired) electrons. The third-order valence-corrected chi connectivity index (χ3v) is 8.42. The predicted octanol–water partition coefficient (Wildman–Crippen LogP) is 9.43. The van der Waals surface area contributed by atoms with E-state index in [9.17, 15) is 10.1 Å². The smallest absolute Gasteiger partial charge is 0.275 e. The van der Waals surface area contributed by atoms with Gasteiger partial charge in [0.2, 0.25) is 0 Å². The third kappa shape index (κ3) is 5.71. The molecule has 0 atom stereocenters. The largest absolute Gasteiger partial charge is 0.496 e. The molecule has 43 heavy (non-hydrogen) atoms. The van der Waals surface area contributed by atoms with E-state index in [2.05, 4.69) is 51.1 Å². The summed E-state index contributed by atoms with van der Waals surface area (Å²) in [4.78, 5) is 11.9. The number of benzene rings is 4. The second-order valence-corrected chi connectivity index (χ2v) is 10.5. The van der Waals surface area contributed by atoms with Gasteiger partial charge in [0.1, 0.15) is 17.2 Å². The van der Waals surface area contributed by atoms with Crippen LogP contribution < -0.4 is 14.2 Å². The van der Waals surface area contributed by atoms with Crippen LogP contribution in [0, 0.1) is 10.1 Å². The van der Waals surface area contributed by atoms with Crippen molar-refractivity contribution >= 4 is 5.69 Å². The number of aryl methyl sites for hydroxylation is 3. The lowest BCUT2D eigenvalue weighted by atomic mass is 9.82. The Bertz CT molecular complexity index is 1610. The Labute approximate surface area is 255 Å². The molecular formula is C37H43NO5. The van der Waals surface area contributed by atoms with Gasteiger partial charge in [-0.2, -0.15) is 0 Å². The van der Waals surface area contributed by atoms with E-state index >= 15 is 0 Å². The van der Waals surface area contributed by atoms with Crippen molar-refractivity contribution in [2.45, 2.75) is 66.7 Å². The molecule has 0 saturated heterocycles. The van der Waals surface area contributed by atoms with Crippen molar-refractivity contribution in [3.8, 4) is 50.6 Å². The lowest BCUT2D eigenvalue weighted by Gasteiger charge is -2.25. The molecule has 0 saturated carbocycles. The molecule has 4 rings (SSSR count). The van der Waals surface area contributed by atoms with E-state index in [0.29, 0.717) is 24.0 Å². The normalized spacial score (nSPS) is 11.0. The van der Waals surface area contributed by atoms with Gasteiger partial charge < -0.3 is 14.2 Å². The highest BCUT2D eigenvalue weighted by Gasteiger charge is 2.27. The Balaban J connectivity index is 2.26. The third-order valence-electron chi connectivity index (χ3n) is 8.42. The van der Waals surface area contributed by atoms with E-state index in [0.717, 1.165) is 86.6 Å². The summed E-state index contributed by atoms with van der Waals surface area (Å²) in [6.07, 6.45) is 3.47. The molecule has 0 unspecified atom stereocenters. The number of nitrogens with zero attached hydrogens (tertiary/aromatic N) is 1. The number of para-hydroxylation sites is 1. The number of nitro benzene ring substituents is 1. The van der Waals surface area contributed by atoms with Crippen molar-refractivity contribution in [3.63, 3.8) is 0 Å². The van der Waals surface area contributed by atoms with E-state index in [1.807, 2.05) is 38.1 Å². The van der Waals surface area contributed by atoms with E-state index in [-0.39, 0.29) is 10.6 Å². The zero-order valence-electron chi connectivity index (χ0n) is 26.7. The predicted molar refractivity (Wildman–Crippen MR) is 176 cm³/mol. The maximum atomic E-state index is 12.1. The molecule has 0 aliphatic heterocycles. The first-order valence-corrected chi connectivity index (χ1v) is 15.2. The van der Waals surface area contributed by atoms with Gasteiger partial charge in [0.05, 0.1) is 26.3 Å². The van der Waals surface area contributed by atoms with Gasteiger partial charge in [-0.05, 0) is 84.2 Å². The number of ether oxygens (including phenoxy) is 3. The fourth-order valence-electron chi connectivity index (χ4n) is 6.38. The lowest BCUT2D eigenvalue weighted by molar-refractivity contribution is -0.386. The number of hydrogen-bond donors (Lipinski definition) is 0. The molecule has 6 heteroatoms. The number of hydrogen-bond acceptors (Lipinski definition) is 5. The quantitative estimate of drug-likeness (QED) is 0.123. The van der Waals surface area contributed by atoms with Gasteiger partial charge in [-0.15, -0.1) is 0 Å². The SMILES string of the molecule is CCc1cccc(-c2cc(-c3cc(CC)c([N+](=O)[O-])c(CC)c3)c(OC)c(-c3cccc(OC)c3CC)c2CC)c1OC. The molecule has 226 valence electrons. The summed E-state index contributed by atoms with van der Waals surface area (Å²) in [6, 6.07) is 18.6. The second-order valence-electron chi connectivity index (χ2n) is 10.5. The highest BCUT2D eigenvalue weighted by atomic mass is 16.6. The standard InChI is InChI=1S/C37H43NO5/c1-9-23-16-14-18-30(36(23)42-7)32-22-31(26-20-24(10-2)35(38(39)40)25(11-3)21-26)37(43-8)34(28(32)13-5)29-17-15-19-33(41-6)27(29)12-4/h14-22H,9-13H2,1-8H3. The summed E-state index contributed by atoms with van der Waals surface area (Å²) in [7, 11) is 5.14. The topological polar surface area (TPSA) is 70.8 Å². The van der Waals surface area contributed by atoms with Crippen LogP contribution in [0.5, 0.6) is 17.2 Å². The van der Waals surface area contributed by atoms with Crippen LogP contribution in [0.1, 0.15) is 62.4 Å². The molecular weight excluding hydrogens is 538 g/mol. The molecule has 0 bridgehead atoms. The molecule has 0 aliphatic carbocycles. The van der Waals surface area contributed by atoms with Crippen LogP contribution in [0.2, 0.25) is 0 Å². The highest BCUT2D eigenvalue weighted by Crippen LogP contribution is 2.50. The van der Waals surface area contributed by atoms with Gasteiger partial charge in [0.25, 0.3) is 5.69 Å². The van der Waals surface area contributed by atoms with Crippen LogP contribution in [-0.4, -0.2) is 26.3 Å². The van der Waals surface area contributed by atoms with Gasteiger partial charge in [0, 0.05) is 33.4 Å². The zero-order valence-corrected chi connectivity index (χ0v) is 26.7. The molecule has 4 aromatic carbocycles. The summed E-state index contributed by atoms with van der Waals surface area (Å²) in [5, 5.41) is 12.1. The minimum Gasteiger partial charge on any atom is -0.496 e. The summed E-state index contributed by atoms with van der Waals surface area (Å²) in [6.45, 7) is 10.4. The van der Waals surface area contributed by atoms with E-state index in [1.165, 1.54) is 0 Å². The maximum absolute atomic E-state index is 12.1. The minimum absolute atomic E-state index is 0.205. The van der Waals surface area contributed by atoms with Crippen molar-refractivity contribution in [1.29, 1.82) is 0 Å². The zero-order chi connectivity index (χ0) is 31.3. The minimum atomic E-state index is -0.249. The molecule has 0 amide bonds. The van der Waals surface area contributed by atoms with Crippen molar-refractivity contribution in [1.82, 2.24) is 0 Å². The van der Waals surface area contributed by atoms with Gasteiger partial charge in [-0.1, -0.05) is 65.0 Å². The Morgan fingerprint density at radius 2 is 1.19 bits per heavy atom. The van der Waals surface area contributed by atoms with E-state index < -0.39 is 0 Å². The summed E-state index contributed by atoms with van der Waals surface area (Å²) < 4.78 is 18.2. The Hall–Kier alpha value is -4.32. The fourth-order valence-corrected chi connectivity index (χ4v) is 6.38. The monoisotopic (exact) mass is 581 g/mol.